The molecule has 0 spiro atoms. The second-order valence-corrected chi connectivity index (χ2v) is 6.84. The summed E-state index contributed by atoms with van der Waals surface area (Å²) in [6.45, 7) is 0.999. The average Bonchev–Trinajstić information content (AvgIpc) is 2.73. The monoisotopic (exact) mass is 303 g/mol. The van der Waals surface area contributed by atoms with E-state index in [1.54, 1.807) is 0 Å². The predicted octanol–water partition coefficient (Wildman–Crippen LogP) is 3.56. The zero-order chi connectivity index (χ0) is 11.4. The SMILES string of the molecule is COC1CCC(NCc2ccc(Br)s2)CC1. The summed E-state index contributed by atoms with van der Waals surface area (Å²) in [6.07, 6.45) is 5.37. The van der Waals surface area contributed by atoms with E-state index in [-0.39, 0.29) is 0 Å². The highest BCUT2D eigenvalue weighted by Gasteiger charge is 2.20. The van der Waals surface area contributed by atoms with E-state index in [0.717, 1.165) is 6.54 Å². The molecule has 16 heavy (non-hydrogen) atoms. The molecule has 1 aliphatic rings. The molecule has 0 saturated heterocycles. The lowest BCUT2D eigenvalue weighted by atomic mass is 9.93. The van der Waals surface area contributed by atoms with E-state index in [0.29, 0.717) is 12.1 Å². The largest absolute Gasteiger partial charge is 0.381 e. The van der Waals surface area contributed by atoms with Gasteiger partial charge in [-0.2, -0.15) is 0 Å². The quantitative estimate of drug-likeness (QED) is 0.918. The Bertz CT molecular complexity index is 321. The molecule has 1 aromatic rings. The first-order valence-electron chi connectivity index (χ1n) is 5.78. The lowest BCUT2D eigenvalue weighted by Crippen LogP contribution is -2.34. The van der Waals surface area contributed by atoms with Crippen LogP contribution in [-0.2, 0) is 11.3 Å². The van der Waals surface area contributed by atoms with Crippen molar-refractivity contribution in [1.82, 2.24) is 5.32 Å². The number of rotatable bonds is 4. The van der Waals surface area contributed by atoms with E-state index in [1.165, 1.54) is 34.3 Å². The fourth-order valence-corrected chi connectivity index (χ4v) is 3.63. The average molecular weight is 304 g/mol. The summed E-state index contributed by atoms with van der Waals surface area (Å²) in [6, 6.07) is 4.97. The van der Waals surface area contributed by atoms with Crippen molar-refractivity contribution in [1.29, 1.82) is 0 Å². The summed E-state index contributed by atoms with van der Waals surface area (Å²) in [5.74, 6) is 0. The third-order valence-corrected chi connectivity index (χ3v) is 4.83. The minimum Gasteiger partial charge on any atom is -0.381 e. The molecule has 1 heterocycles. The van der Waals surface area contributed by atoms with E-state index in [4.69, 9.17) is 4.74 Å². The van der Waals surface area contributed by atoms with Crippen LogP contribution in [0.2, 0.25) is 0 Å². The van der Waals surface area contributed by atoms with Crippen LogP contribution in [0.3, 0.4) is 0 Å². The molecule has 4 heteroatoms. The Morgan fingerprint density at radius 3 is 2.69 bits per heavy atom. The summed E-state index contributed by atoms with van der Waals surface area (Å²) in [7, 11) is 1.82. The van der Waals surface area contributed by atoms with E-state index >= 15 is 0 Å². The van der Waals surface area contributed by atoms with Crippen molar-refractivity contribution in [2.45, 2.75) is 44.4 Å². The van der Waals surface area contributed by atoms with Gasteiger partial charge >= 0.3 is 0 Å². The minimum atomic E-state index is 0.494. The number of hydrogen-bond donors (Lipinski definition) is 1. The van der Waals surface area contributed by atoms with Crippen molar-refractivity contribution >= 4 is 27.3 Å². The van der Waals surface area contributed by atoms with Crippen LogP contribution in [0.4, 0.5) is 0 Å². The Morgan fingerprint density at radius 1 is 1.38 bits per heavy atom. The highest BCUT2D eigenvalue weighted by molar-refractivity contribution is 9.11. The van der Waals surface area contributed by atoms with Gasteiger partial charge in [0, 0.05) is 24.6 Å². The smallest absolute Gasteiger partial charge is 0.0701 e. The van der Waals surface area contributed by atoms with Gasteiger partial charge in [0.15, 0.2) is 0 Å². The molecule has 0 bridgehead atoms. The summed E-state index contributed by atoms with van der Waals surface area (Å²) < 4.78 is 6.59. The summed E-state index contributed by atoms with van der Waals surface area (Å²) in [4.78, 5) is 1.40. The third kappa shape index (κ3) is 3.55. The van der Waals surface area contributed by atoms with Crippen LogP contribution < -0.4 is 5.32 Å². The molecule has 0 amide bonds. The van der Waals surface area contributed by atoms with Crippen molar-refractivity contribution in [3.63, 3.8) is 0 Å². The Morgan fingerprint density at radius 2 is 2.12 bits per heavy atom. The van der Waals surface area contributed by atoms with Crippen LogP contribution in [0, 0.1) is 0 Å². The van der Waals surface area contributed by atoms with Gasteiger partial charge in [0.05, 0.1) is 9.89 Å². The maximum absolute atomic E-state index is 5.37. The van der Waals surface area contributed by atoms with Gasteiger partial charge in [-0.25, -0.2) is 0 Å². The normalized spacial score (nSPS) is 25.9. The molecule has 1 fully saturated rings. The second kappa shape index (κ2) is 6.15. The maximum Gasteiger partial charge on any atom is 0.0701 e. The van der Waals surface area contributed by atoms with Gasteiger partial charge in [-0.3, -0.25) is 0 Å². The molecule has 0 atom stereocenters. The van der Waals surface area contributed by atoms with Crippen LogP contribution in [-0.4, -0.2) is 19.3 Å². The second-order valence-electron chi connectivity index (χ2n) is 4.30. The summed E-state index contributed by atoms with van der Waals surface area (Å²) in [5, 5.41) is 3.63. The van der Waals surface area contributed by atoms with Gasteiger partial charge in [-0.05, 0) is 53.7 Å². The van der Waals surface area contributed by atoms with Crippen molar-refractivity contribution in [3.8, 4) is 0 Å². The molecule has 0 radical (unpaired) electrons. The van der Waals surface area contributed by atoms with Crippen LogP contribution in [0.25, 0.3) is 0 Å². The molecule has 2 nitrogen and oxygen atoms in total. The van der Waals surface area contributed by atoms with Crippen molar-refractivity contribution in [2.75, 3.05) is 7.11 Å². The van der Waals surface area contributed by atoms with E-state index in [1.807, 2.05) is 18.4 Å². The van der Waals surface area contributed by atoms with Gasteiger partial charge in [0.1, 0.15) is 0 Å². The fraction of sp³-hybridized carbons (Fsp3) is 0.667. The van der Waals surface area contributed by atoms with Crippen LogP contribution in [0.15, 0.2) is 15.9 Å². The Balaban J connectivity index is 1.71. The zero-order valence-corrected chi connectivity index (χ0v) is 11.9. The molecular formula is C12H18BrNOS. The standard InChI is InChI=1S/C12H18BrNOS/c1-15-10-4-2-9(3-5-10)14-8-11-6-7-12(13)16-11/h6-7,9-10,14H,2-5,8H2,1H3. The Hall–Kier alpha value is 0.1000. The van der Waals surface area contributed by atoms with Gasteiger partial charge in [0.25, 0.3) is 0 Å². The Kier molecular flexibility index (Phi) is 4.82. The number of nitrogens with one attached hydrogen (secondary N) is 1. The van der Waals surface area contributed by atoms with E-state index in [9.17, 15) is 0 Å². The zero-order valence-electron chi connectivity index (χ0n) is 9.54. The molecule has 1 saturated carbocycles. The maximum atomic E-state index is 5.37. The molecule has 1 aliphatic carbocycles. The highest BCUT2D eigenvalue weighted by atomic mass is 79.9. The molecule has 1 aromatic heterocycles. The number of halogens is 1. The van der Waals surface area contributed by atoms with E-state index < -0.39 is 0 Å². The lowest BCUT2D eigenvalue weighted by Gasteiger charge is -2.28. The fourth-order valence-electron chi connectivity index (χ4n) is 2.19. The topological polar surface area (TPSA) is 21.3 Å². The molecule has 0 aliphatic heterocycles. The van der Waals surface area contributed by atoms with Crippen LogP contribution in [0.5, 0.6) is 0 Å². The molecule has 0 aromatic carbocycles. The molecule has 0 unspecified atom stereocenters. The molecular weight excluding hydrogens is 286 g/mol. The lowest BCUT2D eigenvalue weighted by molar-refractivity contribution is 0.0624. The van der Waals surface area contributed by atoms with Crippen molar-refractivity contribution in [3.05, 3.63) is 20.8 Å². The van der Waals surface area contributed by atoms with E-state index in [2.05, 4.69) is 33.4 Å². The van der Waals surface area contributed by atoms with Gasteiger partial charge in [-0.1, -0.05) is 0 Å². The highest BCUT2D eigenvalue weighted by Crippen LogP contribution is 2.24. The first-order chi connectivity index (χ1) is 7.78. The number of methoxy groups -OCH3 is 1. The third-order valence-electron chi connectivity index (χ3n) is 3.20. The van der Waals surface area contributed by atoms with Crippen LogP contribution in [0.1, 0.15) is 30.6 Å². The number of hydrogen-bond acceptors (Lipinski definition) is 3. The van der Waals surface area contributed by atoms with Crippen LogP contribution >= 0.6 is 27.3 Å². The molecule has 90 valence electrons. The summed E-state index contributed by atoms with van der Waals surface area (Å²) in [5.41, 5.74) is 0. The molecule has 1 N–H and O–H groups in total. The summed E-state index contributed by atoms with van der Waals surface area (Å²) >= 11 is 5.30. The molecule has 2 rings (SSSR count). The number of thiophene rings is 1. The first-order valence-corrected chi connectivity index (χ1v) is 7.39. The number of ether oxygens (including phenoxy) is 1. The first kappa shape index (κ1) is 12.6. The predicted molar refractivity (Wildman–Crippen MR) is 71.9 cm³/mol. The van der Waals surface area contributed by atoms with Crippen molar-refractivity contribution < 1.29 is 4.74 Å². The Labute approximate surface area is 110 Å². The minimum absolute atomic E-state index is 0.494. The van der Waals surface area contributed by atoms with Gasteiger partial charge in [-0.15, -0.1) is 11.3 Å². The van der Waals surface area contributed by atoms with Gasteiger partial charge in [0.2, 0.25) is 0 Å². The van der Waals surface area contributed by atoms with Gasteiger partial charge < -0.3 is 10.1 Å². The van der Waals surface area contributed by atoms with Crippen molar-refractivity contribution in [2.24, 2.45) is 0 Å².